The van der Waals surface area contributed by atoms with Crippen LogP contribution in [0.25, 0.3) is 22.2 Å². The van der Waals surface area contributed by atoms with Gasteiger partial charge in [-0.25, -0.2) is 13.8 Å². The highest BCUT2D eigenvalue weighted by Gasteiger charge is 2.56. The van der Waals surface area contributed by atoms with Gasteiger partial charge in [-0.3, -0.25) is 9.48 Å². The van der Waals surface area contributed by atoms with Crippen LogP contribution >= 0.6 is 11.6 Å². The van der Waals surface area contributed by atoms with Crippen LogP contribution in [-0.2, 0) is 5.60 Å². The Hall–Kier alpha value is -3.97. The van der Waals surface area contributed by atoms with Crippen molar-refractivity contribution in [3.05, 3.63) is 70.0 Å². The second-order valence-corrected chi connectivity index (χ2v) is 10.6. The van der Waals surface area contributed by atoms with Gasteiger partial charge in [0.25, 0.3) is 5.91 Å². The maximum absolute atomic E-state index is 14.5. The topological polar surface area (TPSA) is 98.5 Å². The molecule has 1 amide bonds. The van der Waals surface area contributed by atoms with Gasteiger partial charge in [0.05, 0.1) is 37.0 Å². The van der Waals surface area contributed by atoms with Crippen molar-refractivity contribution >= 4 is 28.4 Å². The summed E-state index contributed by atoms with van der Waals surface area (Å²) in [5.41, 5.74) is -4.50. The summed E-state index contributed by atoms with van der Waals surface area (Å²) >= 11 is 5.79. The number of nitrogens with one attached hydrogen (secondary N) is 1. The number of fused-ring (bicyclic) bond motifs is 1. The number of benzene rings is 2. The van der Waals surface area contributed by atoms with Crippen LogP contribution in [0.5, 0.6) is 11.5 Å². The summed E-state index contributed by atoms with van der Waals surface area (Å²) in [5.74, 6) is -3.39. The molecule has 0 radical (unpaired) electrons. The number of halogens is 6. The minimum atomic E-state index is -5.33. The molecule has 2 aromatic carbocycles. The molecule has 2 heterocycles. The average molecular weight is 625 g/mol. The van der Waals surface area contributed by atoms with Gasteiger partial charge >= 0.3 is 6.18 Å². The largest absolute Gasteiger partial charge is 0.494 e. The fraction of sp³-hybridized carbons (Fsp3) is 0.345. The summed E-state index contributed by atoms with van der Waals surface area (Å²) in [6.07, 6.45) is -1.67. The first-order valence-corrected chi connectivity index (χ1v) is 13.6. The molecular weight excluding hydrogens is 599 g/mol. The molecule has 0 spiro atoms. The van der Waals surface area contributed by atoms with Crippen molar-refractivity contribution in [3.8, 4) is 22.8 Å². The highest BCUT2D eigenvalue weighted by atomic mass is 35.5. The van der Waals surface area contributed by atoms with Crippen LogP contribution in [0.3, 0.4) is 0 Å². The third-order valence-electron chi connectivity index (χ3n) is 7.10. The zero-order valence-corrected chi connectivity index (χ0v) is 23.9. The monoisotopic (exact) mass is 624 g/mol. The molecule has 5 rings (SSSR count). The number of aromatic nitrogens is 3. The molecule has 1 aliphatic carbocycles. The lowest BCUT2D eigenvalue weighted by molar-refractivity contribution is -0.265. The summed E-state index contributed by atoms with van der Waals surface area (Å²) < 4.78 is 84.3. The number of hydrogen-bond donors (Lipinski definition) is 2. The molecule has 8 nitrogen and oxygen atoms in total. The zero-order chi connectivity index (χ0) is 31.3. The number of rotatable bonds is 9. The van der Waals surface area contributed by atoms with E-state index in [2.05, 4.69) is 15.4 Å². The number of amides is 1. The van der Waals surface area contributed by atoms with E-state index in [1.165, 1.54) is 26.2 Å². The lowest BCUT2D eigenvalue weighted by Gasteiger charge is -2.31. The van der Waals surface area contributed by atoms with Gasteiger partial charge in [0.2, 0.25) is 5.60 Å². The van der Waals surface area contributed by atoms with E-state index in [0.29, 0.717) is 17.0 Å². The minimum Gasteiger partial charge on any atom is -0.494 e. The molecule has 4 aromatic rings. The number of ether oxygens (including phenoxy) is 2. The van der Waals surface area contributed by atoms with Crippen molar-refractivity contribution in [2.75, 3.05) is 20.3 Å². The first kappa shape index (κ1) is 30.5. The Morgan fingerprint density at radius 2 is 1.91 bits per heavy atom. The van der Waals surface area contributed by atoms with E-state index < -0.39 is 46.6 Å². The molecule has 2 aromatic heterocycles. The number of alkyl halides is 3. The number of methoxy groups -OCH3 is 1. The predicted molar refractivity (Wildman–Crippen MR) is 147 cm³/mol. The van der Waals surface area contributed by atoms with Crippen molar-refractivity contribution in [1.82, 2.24) is 20.1 Å². The Bertz CT molecular complexity index is 1700. The third kappa shape index (κ3) is 5.70. The molecule has 1 atom stereocenters. The number of nitrogens with zero attached hydrogens (tertiary/aromatic N) is 3. The molecule has 228 valence electrons. The molecule has 43 heavy (non-hydrogen) atoms. The Morgan fingerprint density at radius 1 is 1.19 bits per heavy atom. The van der Waals surface area contributed by atoms with Gasteiger partial charge in [0.1, 0.15) is 22.7 Å². The van der Waals surface area contributed by atoms with Gasteiger partial charge in [-0.15, -0.1) is 0 Å². The second-order valence-electron chi connectivity index (χ2n) is 10.2. The second kappa shape index (κ2) is 11.3. The van der Waals surface area contributed by atoms with Crippen molar-refractivity contribution < 1.29 is 41.3 Å². The summed E-state index contributed by atoms with van der Waals surface area (Å²) in [7, 11) is 1.38. The van der Waals surface area contributed by atoms with Gasteiger partial charge in [0.15, 0.2) is 11.6 Å². The predicted octanol–water partition coefficient (Wildman–Crippen LogP) is 6.26. The standard InChI is InChI=1S/C29H26ClF5N4O4/c1-4-43-26-14(2)7-22(37-25(26)15-9-19(30)23(32)20(31)10-15)28(41,29(33,34)35)13-36-27(40)16-8-17-12-39(18-5-6-18)38-24(17)21(11-16)42-3/h7-12,18,41H,4-6,13H2,1-3H3,(H,36,40). The third-order valence-corrected chi connectivity index (χ3v) is 7.37. The molecular formula is C29H26ClF5N4O4. The highest BCUT2D eigenvalue weighted by Crippen LogP contribution is 2.42. The number of pyridine rings is 1. The lowest BCUT2D eigenvalue weighted by atomic mass is 9.94. The van der Waals surface area contributed by atoms with E-state index >= 15 is 0 Å². The van der Waals surface area contributed by atoms with Gasteiger partial charge < -0.3 is 19.9 Å². The van der Waals surface area contributed by atoms with Crippen molar-refractivity contribution in [2.45, 2.75) is 44.5 Å². The fourth-order valence-electron chi connectivity index (χ4n) is 4.67. The molecule has 1 saturated carbocycles. The molecule has 1 fully saturated rings. The summed E-state index contributed by atoms with van der Waals surface area (Å²) in [6.45, 7) is 1.76. The minimum absolute atomic E-state index is 0.0165. The maximum Gasteiger partial charge on any atom is 0.424 e. The van der Waals surface area contributed by atoms with E-state index in [9.17, 15) is 31.9 Å². The Labute approximate surface area is 247 Å². The van der Waals surface area contributed by atoms with Gasteiger partial charge in [-0.1, -0.05) is 11.6 Å². The van der Waals surface area contributed by atoms with Gasteiger partial charge in [-0.05, 0) is 62.6 Å². The number of carbonyl (C=O) groups is 1. The van der Waals surface area contributed by atoms with Crippen LogP contribution in [0.4, 0.5) is 22.0 Å². The number of carbonyl (C=O) groups excluding carboxylic acids is 1. The molecule has 2 N–H and O–H groups in total. The van der Waals surface area contributed by atoms with Crippen molar-refractivity contribution in [3.63, 3.8) is 0 Å². The van der Waals surface area contributed by atoms with E-state index in [4.69, 9.17) is 21.1 Å². The Balaban J connectivity index is 1.52. The first-order chi connectivity index (χ1) is 20.3. The Kier molecular flexibility index (Phi) is 7.99. The molecule has 0 aliphatic heterocycles. The first-order valence-electron chi connectivity index (χ1n) is 13.2. The lowest BCUT2D eigenvalue weighted by Crippen LogP contribution is -2.51. The van der Waals surface area contributed by atoms with Gasteiger partial charge in [-0.2, -0.15) is 18.3 Å². The quantitative estimate of drug-likeness (QED) is 0.169. The summed E-state index contributed by atoms with van der Waals surface area (Å²) in [5, 5.41) is 17.6. The van der Waals surface area contributed by atoms with E-state index in [1.807, 2.05) is 0 Å². The zero-order valence-electron chi connectivity index (χ0n) is 23.2. The smallest absolute Gasteiger partial charge is 0.424 e. The summed E-state index contributed by atoms with van der Waals surface area (Å²) in [4.78, 5) is 17.1. The molecule has 0 bridgehead atoms. The van der Waals surface area contributed by atoms with Gasteiger partial charge in [0, 0.05) is 22.7 Å². The van der Waals surface area contributed by atoms with E-state index in [1.54, 1.807) is 17.8 Å². The summed E-state index contributed by atoms with van der Waals surface area (Å²) in [6, 6.07) is 5.70. The van der Waals surface area contributed by atoms with Crippen LogP contribution in [-0.4, -0.2) is 52.2 Å². The Morgan fingerprint density at radius 3 is 2.51 bits per heavy atom. The van der Waals surface area contributed by atoms with E-state index in [-0.39, 0.29) is 46.5 Å². The number of aryl methyl sites for hydroxylation is 1. The normalized spacial score (nSPS) is 14.9. The van der Waals surface area contributed by atoms with Crippen LogP contribution in [0.1, 0.15) is 47.4 Å². The van der Waals surface area contributed by atoms with Crippen LogP contribution in [0, 0.1) is 18.6 Å². The SMILES string of the molecule is CCOc1c(C)cc(C(O)(CNC(=O)c2cc(OC)c3nn(C4CC4)cc3c2)C(F)(F)F)nc1-c1cc(F)c(F)c(Cl)c1. The fourth-order valence-corrected chi connectivity index (χ4v) is 4.88. The number of aliphatic hydroxyl groups is 1. The van der Waals surface area contributed by atoms with E-state index in [0.717, 1.165) is 25.0 Å². The van der Waals surface area contributed by atoms with Crippen LogP contribution < -0.4 is 14.8 Å². The number of hydrogen-bond acceptors (Lipinski definition) is 6. The molecule has 1 unspecified atom stereocenters. The van der Waals surface area contributed by atoms with Crippen molar-refractivity contribution in [2.24, 2.45) is 0 Å². The van der Waals surface area contributed by atoms with Crippen LogP contribution in [0.15, 0.2) is 36.5 Å². The molecule has 14 heteroatoms. The maximum atomic E-state index is 14.5. The molecule has 0 saturated heterocycles. The highest BCUT2D eigenvalue weighted by molar-refractivity contribution is 6.31. The van der Waals surface area contributed by atoms with Crippen LogP contribution in [0.2, 0.25) is 5.02 Å². The van der Waals surface area contributed by atoms with Crippen molar-refractivity contribution in [1.29, 1.82) is 0 Å². The average Bonchev–Trinajstić information content (AvgIpc) is 3.72. The molecule has 1 aliphatic rings.